The number of aromatic carboxylic acids is 1. The molecule has 7 nitrogen and oxygen atoms in total. The average Bonchev–Trinajstić information content (AvgIpc) is 2.88. The number of allylic oxidation sites excluding steroid dienone is 3. The second-order valence-corrected chi connectivity index (χ2v) is 11.5. The Balaban J connectivity index is 0.000000330. The third-order valence-electron chi connectivity index (χ3n) is 7.96. The quantitative estimate of drug-likeness (QED) is 0.0963. The van der Waals surface area contributed by atoms with Gasteiger partial charge < -0.3 is 25.5 Å². The molecule has 1 aliphatic carbocycles. The molecule has 5 N–H and O–H groups in total. The second kappa shape index (κ2) is 16.0. The standard InChI is InChI=1S/C23H32O3.C12H16O4/c1-6-7-8-9-17-13-20(25)22(23(26)21(17)16(5)24)19-12-15(4)10-11-18(19)14(2)3;1-2-3-4-5-8-6-9(13)7-10(14)11(8)12(15)16/h12-13,18-19,25-26H,2,6-11H2,1,3-5H3;6-7,13-14H,2-5H2,1H3,(H,15,16)/t18-,19?;/m0./s1. The van der Waals surface area contributed by atoms with Crippen LogP contribution in [0.15, 0.2) is 42.0 Å². The molecule has 2 atom stereocenters. The van der Waals surface area contributed by atoms with Gasteiger partial charge in [0.1, 0.15) is 28.6 Å². The van der Waals surface area contributed by atoms with E-state index in [1.165, 1.54) is 18.6 Å². The molecule has 0 saturated heterocycles. The maximum Gasteiger partial charge on any atom is 0.339 e. The lowest BCUT2D eigenvalue weighted by atomic mass is 9.73. The van der Waals surface area contributed by atoms with Crippen molar-refractivity contribution in [2.24, 2.45) is 5.92 Å². The van der Waals surface area contributed by atoms with Crippen LogP contribution in [-0.4, -0.2) is 37.3 Å². The first kappa shape index (κ1) is 34.5. The zero-order valence-electron chi connectivity index (χ0n) is 25.8. The molecule has 0 amide bonds. The monoisotopic (exact) mass is 580 g/mol. The van der Waals surface area contributed by atoms with E-state index in [0.29, 0.717) is 29.5 Å². The smallest absolute Gasteiger partial charge is 0.339 e. The molecule has 3 rings (SSSR count). The van der Waals surface area contributed by atoms with Gasteiger partial charge in [-0.05, 0) is 88.5 Å². The van der Waals surface area contributed by atoms with Crippen LogP contribution >= 0.6 is 0 Å². The van der Waals surface area contributed by atoms with Crippen LogP contribution < -0.4 is 0 Å². The van der Waals surface area contributed by atoms with Gasteiger partial charge in [-0.2, -0.15) is 0 Å². The lowest BCUT2D eigenvalue weighted by Crippen LogP contribution is -2.18. The third-order valence-corrected chi connectivity index (χ3v) is 7.96. The number of phenolic OH excluding ortho intramolecular Hbond substituents is 3. The van der Waals surface area contributed by atoms with Crippen molar-refractivity contribution in [1.29, 1.82) is 0 Å². The van der Waals surface area contributed by atoms with Crippen LogP contribution in [0.1, 0.15) is 129 Å². The SMILES string of the molecule is C=C(C)[C@@H]1CCC(C)=CC1c1c(O)cc(CCCCC)c(C(C)=O)c1O.CCCCCc1cc(O)cc(O)c1C(=O)O. The van der Waals surface area contributed by atoms with E-state index in [4.69, 9.17) is 5.11 Å². The van der Waals surface area contributed by atoms with Crippen LogP contribution in [0.3, 0.4) is 0 Å². The van der Waals surface area contributed by atoms with E-state index >= 15 is 0 Å². The van der Waals surface area contributed by atoms with E-state index in [-0.39, 0.29) is 46.2 Å². The Labute approximate surface area is 250 Å². The maximum atomic E-state index is 12.3. The van der Waals surface area contributed by atoms with Gasteiger partial charge in [0, 0.05) is 17.5 Å². The van der Waals surface area contributed by atoms with Gasteiger partial charge in [-0.1, -0.05) is 63.3 Å². The highest BCUT2D eigenvalue weighted by atomic mass is 16.4. The van der Waals surface area contributed by atoms with Crippen molar-refractivity contribution in [3.63, 3.8) is 0 Å². The Bertz CT molecular complexity index is 1310. The topological polar surface area (TPSA) is 135 Å². The Morgan fingerprint density at radius 1 is 0.857 bits per heavy atom. The molecule has 2 aromatic rings. The maximum absolute atomic E-state index is 12.3. The van der Waals surface area contributed by atoms with Gasteiger partial charge in [0.05, 0.1) is 5.56 Å². The van der Waals surface area contributed by atoms with E-state index in [1.54, 1.807) is 6.07 Å². The first-order valence-electron chi connectivity index (χ1n) is 15.0. The van der Waals surface area contributed by atoms with Gasteiger partial charge in [0.25, 0.3) is 0 Å². The molecule has 0 fully saturated rings. The molecular formula is C35H48O7. The first-order valence-corrected chi connectivity index (χ1v) is 15.0. The third kappa shape index (κ3) is 8.88. The number of aromatic hydroxyl groups is 4. The van der Waals surface area contributed by atoms with Crippen molar-refractivity contribution in [3.8, 4) is 23.0 Å². The van der Waals surface area contributed by atoms with Crippen molar-refractivity contribution in [2.45, 2.75) is 105 Å². The highest BCUT2D eigenvalue weighted by molar-refractivity contribution is 5.99. The summed E-state index contributed by atoms with van der Waals surface area (Å²) in [7, 11) is 0. The van der Waals surface area contributed by atoms with Crippen LogP contribution in [0.5, 0.6) is 23.0 Å². The van der Waals surface area contributed by atoms with Gasteiger partial charge in [-0.15, -0.1) is 0 Å². The Kier molecular flexibility index (Phi) is 13.2. The molecule has 0 radical (unpaired) electrons. The number of carboxylic acids is 1. The Morgan fingerprint density at radius 3 is 1.93 bits per heavy atom. The van der Waals surface area contributed by atoms with Crippen LogP contribution in [0, 0.1) is 5.92 Å². The average molecular weight is 581 g/mol. The second-order valence-electron chi connectivity index (χ2n) is 11.5. The summed E-state index contributed by atoms with van der Waals surface area (Å²) < 4.78 is 0. The number of benzene rings is 2. The van der Waals surface area contributed by atoms with Crippen molar-refractivity contribution >= 4 is 11.8 Å². The van der Waals surface area contributed by atoms with E-state index in [9.17, 15) is 30.0 Å². The number of hydrogen-bond acceptors (Lipinski definition) is 6. The molecule has 1 aliphatic rings. The van der Waals surface area contributed by atoms with Gasteiger partial charge in [0.15, 0.2) is 5.78 Å². The molecular weight excluding hydrogens is 532 g/mol. The lowest BCUT2D eigenvalue weighted by Gasteiger charge is -2.32. The zero-order chi connectivity index (χ0) is 31.6. The minimum absolute atomic E-state index is 0.0498. The largest absolute Gasteiger partial charge is 0.508 e. The van der Waals surface area contributed by atoms with Gasteiger partial charge in [0.2, 0.25) is 0 Å². The summed E-state index contributed by atoms with van der Waals surface area (Å²) in [5.74, 6) is -1.76. The lowest BCUT2D eigenvalue weighted by molar-refractivity contribution is 0.0692. The zero-order valence-corrected chi connectivity index (χ0v) is 25.8. The van der Waals surface area contributed by atoms with E-state index in [1.807, 2.05) is 6.92 Å². The number of hydrogen-bond donors (Lipinski definition) is 5. The molecule has 0 spiro atoms. The summed E-state index contributed by atoms with van der Waals surface area (Å²) in [5, 5.41) is 49.4. The number of carbonyl (C=O) groups excluding carboxylic acids is 1. The molecule has 1 unspecified atom stereocenters. The van der Waals surface area contributed by atoms with Gasteiger partial charge in [-0.3, -0.25) is 4.79 Å². The first-order chi connectivity index (χ1) is 19.8. The molecule has 7 heteroatoms. The number of rotatable bonds is 12. The van der Waals surface area contributed by atoms with Gasteiger partial charge in [-0.25, -0.2) is 4.79 Å². The van der Waals surface area contributed by atoms with Crippen LogP contribution in [-0.2, 0) is 12.8 Å². The summed E-state index contributed by atoms with van der Waals surface area (Å²) in [6, 6.07) is 4.14. The molecule has 230 valence electrons. The molecule has 42 heavy (non-hydrogen) atoms. The summed E-state index contributed by atoms with van der Waals surface area (Å²) in [6.45, 7) is 13.8. The van der Waals surface area contributed by atoms with E-state index in [2.05, 4.69) is 33.4 Å². The highest BCUT2D eigenvalue weighted by Gasteiger charge is 2.32. The number of phenols is 4. The van der Waals surface area contributed by atoms with Crippen molar-refractivity contribution in [3.05, 3.63) is 69.8 Å². The van der Waals surface area contributed by atoms with Crippen molar-refractivity contribution in [2.75, 3.05) is 0 Å². The fraction of sp³-hybridized carbons (Fsp3) is 0.486. The normalized spacial score (nSPS) is 16.3. The summed E-state index contributed by atoms with van der Waals surface area (Å²) in [5.41, 5.74) is 4.24. The van der Waals surface area contributed by atoms with E-state index < -0.39 is 5.97 Å². The molecule has 0 aliphatic heterocycles. The number of carbonyl (C=O) groups is 2. The highest BCUT2D eigenvalue weighted by Crippen LogP contribution is 2.48. The summed E-state index contributed by atoms with van der Waals surface area (Å²) >= 11 is 0. The number of unbranched alkanes of at least 4 members (excludes halogenated alkanes) is 4. The minimum atomic E-state index is -1.16. The molecule has 0 aromatic heterocycles. The Hall–Kier alpha value is -3.74. The van der Waals surface area contributed by atoms with E-state index in [0.717, 1.165) is 68.6 Å². The number of carboxylic acid groups (broad SMARTS) is 1. The molecule has 0 heterocycles. The fourth-order valence-electron chi connectivity index (χ4n) is 5.79. The number of aryl methyl sites for hydroxylation is 2. The summed E-state index contributed by atoms with van der Waals surface area (Å²) in [6.07, 6.45) is 11.2. The van der Waals surface area contributed by atoms with Crippen LogP contribution in [0.4, 0.5) is 0 Å². The van der Waals surface area contributed by atoms with Crippen molar-refractivity contribution in [1.82, 2.24) is 0 Å². The predicted octanol–water partition coefficient (Wildman–Crippen LogP) is 8.58. The predicted molar refractivity (Wildman–Crippen MR) is 167 cm³/mol. The van der Waals surface area contributed by atoms with Gasteiger partial charge >= 0.3 is 5.97 Å². The Morgan fingerprint density at radius 2 is 1.43 bits per heavy atom. The van der Waals surface area contributed by atoms with Crippen molar-refractivity contribution < 1.29 is 35.1 Å². The van der Waals surface area contributed by atoms with Crippen LogP contribution in [0.2, 0.25) is 0 Å². The molecule has 0 saturated carbocycles. The molecule has 0 bridgehead atoms. The number of Topliss-reactive ketones (excluding diaryl/α,β-unsaturated/α-hetero) is 1. The fourth-order valence-corrected chi connectivity index (χ4v) is 5.79. The van der Waals surface area contributed by atoms with Crippen LogP contribution in [0.25, 0.3) is 0 Å². The summed E-state index contributed by atoms with van der Waals surface area (Å²) in [4.78, 5) is 23.2. The minimum Gasteiger partial charge on any atom is -0.508 e. The molecule has 2 aromatic carbocycles. The number of ketones is 1.